The van der Waals surface area contributed by atoms with Crippen molar-refractivity contribution >= 4 is 89.6 Å². The number of hydrogen-bond donors (Lipinski definition) is 0. The third-order valence-corrected chi connectivity index (χ3v) is 21.6. The van der Waals surface area contributed by atoms with Gasteiger partial charge in [-0.1, -0.05) is 119 Å². The van der Waals surface area contributed by atoms with Crippen LogP contribution in [0.1, 0.15) is 108 Å². The van der Waals surface area contributed by atoms with Crippen molar-refractivity contribution < 1.29 is 27.2 Å². The van der Waals surface area contributed by atoms with Gasteiger partial charge < -0.3 is 0 Å². The van der Waals surface area contributed by atoms with Crippen molar-refractivity contribution in [1.82, 2.24) is 0 Å². The molecular formula is C70H36F4N4O2S4. The minimum atomic E-state index is -1.23. The second-order valence-electron chi connectivity index (χ2n) is 21.3. The Kier molecular flexibility index (Phi) is 11.8. The Balaban J connectivity index is 1.07. The van der Waals surface area contributed by atoms with Crippen molar-refractivity contribution in [3.8, 4) is 37.7 Å². The Morgan fingerprint density at radius 1 is 0.464 bits per heavy atom. The van der Waals surface area contributed by atoms with Gasteiger partial charge in [0, 0.05) is 54.3 Å². The second-order valence-corrected chi connectivity index (χ2v) is 25.5. The first kappa shape index (κ1) is 52.4. The zero-order chi connectivity index (χ0) is 58.4. The standard InChI is InChI=1S/C70H36F4N4O2S4/c1-33-6-14-38(15-7-33)69(39-16-8-34(2)9-17-39)50-24-42(22-48-57(37(30-75)31-76)44-26-52(71)54(73)28-46(44)61(48)79)81-63(50)65-59(69)67-68(83-65)60-66(84-67)64-51(70(60,40-18-10-35(3)11-19-40)41-20-12-36(4)13-21-41)25-43(82-64)23-49-58(56(32-77)78-5)45-27-53(72)55(74)29-47(45)62(49)80/h6-29H,1-4H3/b48-22-,49-23-,58-56+. The number of carbonyl (C=O) groups excluding carboxylic acids is 2. The van der Waals surface area contributed by atoms with E-state index in [4.69, 9.17) is 6.57 Å². The lowest BCUT2D eigenvalue weighted by Gasteiger charge is -2.34. The van der Waals surface area contributed by atoms with Crippen LogP contribution in [0, 0.1) is 91.5 Å². The number of rotatable bonds is 6. The normalized spacial score (nSPS) is 16.2. The molecule has 0 radical (unpaired) electrons. The van der Waals surface area contributed by atoms with Gasteiger partial charge in [0.2, 0.25) is 0 Å². The van der Waals surface area contributed by atoms with E-state index in [1.165, 1.54) is 22.7 Å². The van der Waals surface area contributed by atoms with E-state index < -0.39 is 56.9 Å². The lowest BCUT2D eigenvalue weighted by molar-refractivity contribution is 0.103. The number of aryl methyl sites for hydroxylation is 4. The zero-order valence-electron chi connectivity index (χ0n) is 44.6. The number of fused-ring (bicyclic) bond motifs is 11. The van der Waals surface area contributed by atoms with Crippen LogP contribution in [0.5, 0.6) is 0 Å². The monoisotopic (exact) mass is 1170 g/mol. The third-order valence-electron chi connectivity index (χ3n) is 16.6. The zero-order valence-corrected chi connectivity index (χ0v) is 47.9. The molecule has 0 bridgehead atoms. The average Bonchev–Trinajstić information content (AvgIpc) is 1.50. The highest BCUT2D eigenvalue weighted by atomic mass is 32.1. The van der Waals surface area contributed by atoms with Gasteiger partial charge in [0.05, 0.1) is 52.4 Å². The number of hydrogen-bond acceptors (Lipinski definition) is 9. The molecule has 4 aliphatic rings. The third kappa shape index (κ3) is 7.19. The summed E-state index contributed by atoms with van der Waals surface area (Å²) in [6, 6.07) is 47.2. The fourth-order valence-electron chi connectivity index (χ4n) is 12.9. The van der Waals surface area contributed by atoms with Gasteiger partial charge in [-0.3, -0.25) is 9.59 Å². The molecule has 14 rings (SSSR count). The molecule has 4 aromatic heterocycles. The van der Waals surface area contributed by atoms with Gasteiger partial charge in [-0.2, -0.15) is 10.5 Å². The van der Waals surface area contributed by atoms with Crippen LogP contribution < -0.4 is 0 Å². The van der Waals surface area contributed by atoms with Gasteiger partial charge in [-0.25, -0.2) is 27.7 Å². The van der Waals surface area contributed by atoms with Crippen LogP contribution >= 0.6 is 45.3 Å². The summed E-state index contributed by atoms with van der Waals surface area (Å²) in [5.41, 5.74) is 8.84. The van der Waals surface area contributed by atoms with Crippen LogP contribution in [0.15, 0.2) is 156 Å². The molecule has 0 saturated carbocycles. The highest BCUT2D eigenvalue weighted by molar-refractivity contribution is 7.34. The van der Waals surface area contributed by atoms with Crippen LogP contribution in [-0.2, 0) is 10.8 Å². The molecular weight excluding hydrogens is 1130 g/mol. The summed E-state index contributed by atoms with van der Waals surface area (Å²) < 4.78 is 61.8. The molecule has 4 aliphatic carbocycles. The maximum absolute atomic E-state index is 15.0. The summed E-state index contributed by atoms with van der Waals surface area (Å²) in [4.78, 5) is 37.4. The summed E-state index contributed by atoms with van der Waals surface area (Å²) in [6.45, 7) is 16.1. The molecule has 14 heteroatoms. The summed E-state index contributed by atoms with van der Waals surface area (Å²) in [5, 5.41) is 30.7. The highest BCUT2D eigenvalue weighted by Gasteiger charge is 2.55. The molecule has 0 fully saturated rings. The molecule has 0 atom stereocenters. The number of halogens is 4. The Hall–Kier alpha value is -9.64. The van der Waals surface area contributed by atoms with Crippen LogP contribution in [0.4, 0.5) is 17.6 Å². The lowest BCUT2D eigenvalue weighted by atomic mass is 9.67. The first-order chi connectivity index (χ1) is 40.5. The van der Waals surface area contributed by atoms with Gasteiger partial charge in [0.1, 0.15) is 17.7 Å². The fourth-order valence-corrected chi connectivity index (χ4v) is 18.6. The van der Waals surface area contributed by atoms with E-state index in [2.05, 4.69) is 114 Å². The first-order valence-corrected chi connectivity index (χ1v) is 29.6. The predicted molar refractivity (Wildman–Crippen MR) is 324 cm³/mol. The van der Waals surface area contributed by atoms with E-state index in [9.17, 15) is 42.9 Å². The number of carbonyl (C=O) groups is 2. The minimum Gasteiger partial charge on any atom is -0.289 e. The quantitative estimate of drug-likeness (QED) is 0.0713. The highest BCUT2D eigenvalue weighted by Crippen LogP contribution is 2.70. The smallest absolute Gasteiger partial charge is 0.270 e. The predicted octanol–water partition coefficient (Wildman–Crippen LogP) is 18.1. The molecule has 4 heterocycles. The average molecular weight is 1170 g/mol. The lowest BCUT2D eigenvalue weighted by Crippen LogP contribution is -2.28. The molecule has 0 spiro atoms. The molecule has 0 saturated heterocycles. The van der Waals surface area contributed by atoms with E-state index >= 15 is 0 Å². The summed E-state index contributed by atoms with van der Waals surface area (Å²) in [6.07, 6.45) is 3.27. The number of allylic oxidation sites excluding steroid dienone is 6. The van der Waals surface area contributed by atoms with E-state index in [1.54, 1.807) is 34.8 Å². The van der Waals surface area contributed by atoms with Crippen LogP contribution in [0.2, 0.25) is 0 Å². The van der Waals surface area contributed by atoms with Crippen molar-refractivity contribution in [1.29, 1.82) is 15.8 Å². The minimum absolute atomic E-state index is 0.0152. The van der Waals surface area contributed by atoms with Gasteiger partial charge in [-0.05, 0) is 121 Å². The summed E-state index contributed by atoms with van der Waals surface area (Å²) in [7, 11) is 0. The molecule has 400 valence electrons. The molecule has 0 unspecified atom stereocenters. The van der Waals surface area contributed by atoms with Crippen molar-refractivity contribution in [2.75, 3.05) is 0 Å². The van der Waals surface area contributed by atoms with Gasteiger partial charge in [0.15, 0.2) is 34.8 Å². The number of ketones is 2. The maximum Gasteiger partial charge on any atom is 0.270 e. The number of nitriles is 3. The van der Waals surface area contributed by atoms with Crippen molar-refractivity contribution in [2.24, 2.45) is 0 Å². The van der Waals surface area contributed by atoms with Crippen LogP contribution in [-0.4, -0.2) is 11.6 Å². The summed E-state index contributed by atoms with van der Waals surface area (Å²) >= 11 is 6.28. The van der Waals surface area contributed by atoms with Crippen LogP contribution in [0.3, 0.4) is 0 Å². The molecule has 10 aromatic rings. The van der Waals surface area contributed by atoms with Crippen molar-refractivity contribution in [3.05, 3.63) is 289 Å². The first-order valence-electron chi connectivity index (χ1n) is 26.3. The molecule has 6 nitrogen and oxygen atoms in total. The Morgan fingerprint density at radius 3 is 1.13 bits per heavy atom. The molecule has 0 N–H and O–H groups in total. The van der Waals surface area contributed by atoms with Crippen LogP contribution in [0.25, 0.3) is 57.1 Å². The summed E-state index contributed by atoms with van der Waals surface area (Å²) in [5.74, 6) is -6.14. The fraction of sp³-hybridized carbons (Fsp3) is 0.0857. The Morgan fingerprint density at radius 2 is 0.798 bits per heavy atom. The molecule has 0 aliphatic heterocycles. The largest absolute Gasteiger partial charge is 0.289 e. The number of nitrogens with zero attached hydrogens (tertiary/aromatic N) is 4. The number of Topliss-reactive ketones (excluding diaryl/α,β-unsaturated/α-hetero) is 2. The van der Waals surface area contributed by atoms with Gasteiger partial charge in [-0.15, -0.1) is 45.3 Å². The molecule has 6 aromatic carbocycles. The Labute approximate surface area is 494 Å². The van der Waals surface area contributed by atoms with Gasteiger partial charge >= 0.3 is 0 Å². The second kappa shape index (κ2) is 19.0. The van der Waals surface area contributed by atoms with Gasteiger partial charge in [0.25, 0.3) is 5.70 Å². The van der Waals surface area contributed by atoms with E-state index in [1.807, 2.05) is 45.9 Å². The topological polar surface area (TPSA) is 110 Å². The van der Waals surface area contributed by atoms with E-state index in [0.717, 1.165) is 120 Å². The van der Waals surface area contributed by atoms with Crippen molar-refractivity contribution in [3.63, 3.8) is 0 Å². The molecule has 84 heavy (non-hydrogen) atoms. The Bertz CT molecular complexity index is 4560. The SMILES string of the molecule is [C-]#[N+]/C(C#N)=C1/C(=C/c2cc3c(s2)-c2sc4c5c(sc4c2C3(c2ccc(C)cc2)c2ccc(C)cc2)-c2sc(/C=C3\C(=O)c4cc(F)c(F)cc4C3=C(C#N)C#N)cc2C5(c2ccc(C)cc2)c2ccc(C)cc2)C(=O)c2cc(F)c(F)cc21. The number of benzene rings is 6. The van der Waals surface area contributed by atoms with E-state index in [0.29, 0.717) is 9.75 Å². The van der Waals surface area contributed by atoms with E-state index in [-0.39, 0.29) is 44.5 Å². The van der Waals surface area contributed by atoms with Crippen molar-refractivity contribution in [2.45, 2.75) is 38.5 Å². The maximum atomic E-state index is 15.0. The number of thiophene rings is 4. The molecule has 0 amide bonds.